The summed E-state index contributed by atoms with van der Waals surface area (Å²) >= 11 is 0. The van der Waals surface area contributed by atoms with Crippen LogP contribution in [0.4, 0.5) is 4.79 Å². The van der Waals surface area contributed by atoms with Crippen LogP contribution in [0.5, 0.6) is 0 Å². The highest BCUT2D eigenvalue weighted by Crippen LogP contribution is 2.12. The van der Waals surface area contributed by atoms with E-state index in [1.807, 2.05) is 0 Å². The number of carboxylic acid groups (broad SMARTS) is 1. The second-order valence-electron chi connectivity index (χ2n) is 6.84. The quantitative estimate of drug-likeness (QED) is 0.705. The van der Waals surface area contributed by atoms with Crippen molar-refractivity contribution in [2.45, 2.75) is 58.8 Å². The lowest BCUT2D eigenvalue weighted by Crippen LogP contribution is -2.34. The summed E-state index contributed by atoms with van der Waals surface area (Å²) in [5.41, 5.74) is -1.55. The zero-order valence-electron chi connectivity index (χ0n) is 14.1. The average molecular weight is 328 g/mol. The molecule has 0 fully saturated rings. The minimum absolute atomic E-state index is 0.0923. The molecule has 1 aromatic heterocycles. The predicted molar refractivity (Wildman–Crippen MR) is 81.2 cm³/mol. The monoisotopic (exact) mass is 328 g/mol. The molecular weight excluding hydrogens is 304 g/mol. The number of hydrogen-bond donors (Lipinski definition) is 3. The number of amides is 1. The Morgan fingerprint density at radius 2 is 1.87 bits per heavy atom. The van der Waals surface area contributed by atoms with Crippen molar-refractivity contribution in [1.29, 1.82) is 0 Å². The van der Waals surface area contributed by atoms with Crippen LogP contribution in [-0.4, -0.2) is 55.0 Å². The van der Waals surface area contributed by atoms with Gasteiger partial charge in [0.2, 0.25) is 0 Å². The van der Waals surface area contributed by atoms with Crippen molar-refractivity contribution in [1.82, 2.24) is 20.3 Å². The van der Waals surface area contributed by atoms with Crippen LogP contribution < -0.4 is 5.32 Å². The number of aromatic nitrogens is 3. The van der Waals surface area contributed by atoms with Crippen molar-refractivity contribution in [3.63, 3.8) is 0 Å². The Bertz CT molecular complexity index is 569. The predicted octanol–water partition coefficient (Wildman–Crippen LogP) is 0.814. The lowest BCUT2D eigenvalue weighted by Gasteiger charge is -2.20. The average Bonchev–Trinajstić information content (AvgIpc) is 2.67. The topological polar surface area (TPSA) is 127 Å². The molecule has 0 aliphatic carbocycles. The first kappa shape index (κ1) is 18.9. The maximum absolute atomic E-state index is 11.6. The van der Waals surface area contributed by atoms with Gasteiger partial charge in [-0.25, -0.2) is 14.3 Å². The molecule has 0 radical (unpaired) electrons. The van der Waals surface area contributed by atoms with Crippen molar-refractivity contribution in [3.05, 3.63) is 11.4 Å². The Morgan fingerprint density at radius 1 is 1.26 bits per heavy atom. The zero-order valence-corrected chi connectivity index (χ0v) is 14.1. The van der Waals surface area contributed by atoms with Crippen molar-refractivity contribution in [3.8, 4) is 0 Å². The number of carbonyl (C=O) groups excluding carboxylic acids is 1. The van der Waals surface area contributed by atoms with Gasteiger partial charge in [-0.15, -0.1) is 5.10 Å². The van der Waals surface area contributed by atoms with E-state index < -0.39 is 23.3 Å². The second kappa shape index (κ2) is 6.95. The number of alkyl carbamates (subject to hydrolysis) is 1. The van der Waals surface area contributed by atoms with Crippen LogP contribution in [0.3, 0.4) is 0 Å². The summed E-state index contributed by atoms with van der Waals surface area (Å²) in [7, 11) is 0. The van der Waals surface area contributed by atoms with Crippen LogP contribution in [0.1, 0.15) is 50.8 Å². The molecule has 0 spiro atoms. The number of rotatable bonds is 6. The number of nitrogens with one attached hydrogen (secondary N) is 1. The maximum atomic E-state index is 11.6. The van der Waals surface area contributed by atoms with Gasteiger partial charge in [0.05, 0.1) is 17.8 Å². The molecule has 0 atom stereocenters. The van der Waals surface area contributed by atoms with Gasteiger partial charge in [-0.1, -0.05) is 5.21 Å². The third-order valence-electron chi connectivity index (χ3n) is 2.61. The Kier molecular flexibility index (Phi) is 5.70. The summed E-state index contributed by atoms with van der Waals surface area (Å²) < 4.78 is 6.43. The van der Waals surface area contributed by atoms with E-state index in [0.717, 1.165) is 0 Å². The fourth-order valence-electron chi connectivity index (χ4n) is 1.84. The maximum Gasteiger partial charge on any atom is 0.407 e. The lowest BCUT2D eigenvalue weighted by atomic mass is 10.1. The molecule has 0 aromatic carbocycles. The summed E-state index contributed by atoms with van der Waals surface area (Å²) in [6, 6.07) is 0. The number of carbonyl (C=O) groups is 2. The highest BCUT2D eigenvalue weighted by molar-refractivity contribution is 5.86. The SMILES string of the molecule is CC(C)(O)Cn1nnc(C(=O)O)c1CCNC(=O)OC(C)(C)C. The van der Waals surface area contributed by atoms with Crippen LogP contribution in [0.15, 0.2) is 0 Å². The number of carboxylic acids is 1. The molecule has 0 saturated carbocycles. The van der Waals surface area contributed by atoms with Crippen LogP contribution in [0, 0.1) is 0 Å². The van der Waals surface area contributed by atoms with Crippen LogP contribution in [0.2, 0.25) is 0 Å². The summed E-state index contributed by atoms with van der Waals surface area (Å²) in [6.07, 6.45) is -0.389. The number of hydrogen-bond acceptors (Lipinski definition) is 6. The highest BCUT2D eigenvalue weighted by Gasteiger charge is 2.23. The Hall–Kier alpha value is -2.16. The third kappa shape index (κ3) is 6.64. The van der Waals surface area contributed by atoms with E-state index in [2.05, 4.69) is 15.6 Å². The molecule has 130 valence electrons. The first-order valence-electron chi connectivity index (χ1n) is 7.24. The molecular formula is C14H24N4O5. The van der Waals surface area contributed by atoms with Crippen molar-refractivity contribution in [2.75, 3.05) is 6.54 Å². The molecule has 0 aliphatic heterocycles. The van der Waals surface area contributed by atoms with Gasteiger partial charge in [-0.05, 0) is 34.6 Å². The molecule has 1 rings (SSSR count). The number of aliphatic hydroxyl groups is 1. The van der Waals surface area contributed by atoms with E-state index >= 15 is 0 Å². The van der Waals surface area contributed by atoms with Crippen LogP contribution in [0.25, 0.3) is 0 Å². The molecule has 0 unspecified atom stereocenters. The van der Waals surface area contributed by atoms with E-state index in [1.165, 1.54) is 4.68 Å². The smallest absolute Gasteiger partial charge is 0.407 e. The number of nitrogens with zero attached hydrogens (tertiary/aromatic N) is 3. The second-order valence-corrected chi connectivity index (χ2v) is 6.84. The molecule has 1 amide bonds. The van der Waals surface area contributed by atoms with Gasteiger partial charge < -0.3 is 20.3 Å². The largest absolute Gasteiger partial charge is 0.476 e. The van der Waals surface area contributed by atoms with E-state index in [-0.39, 0.29) is 25.2 Å². The first-order valence-corrected chi connectivity index (χ1v) is 7.24. The summed E-state index contributed by atoms with van der Waals surface area (Å²) in [6.45, 7) is 8.66. The molecule has 3 N–H and O–H groups in total. The Balaban J connectivity index is 2.76. The molecule has 0 saturated heterocycles. The number of ether oxygens (including phenoxy) is 1. The van der Waals surface area contributed by atoms with Crippen molar-refractivity contribution in [2.24, 2.45) is 0 Å². The van der Waals surface area contributed by atoms with Gasteiger partial charge in [0.25, 0.3) is 0 Å². The molecule has 1 aromatic rings. The van der Waals surface area contributed by atoms with Crippen LogP contribution >= 0.6 is 0 Å². The molecule has 23 heavy (non-hydrogen) atoms. The van der Waals surface area contributed by atoms with Crippen LogP contribution in [-0.2, 0) is 17.7 Å². The van der Waals surface area contributed by atoms with Crippen molar-refractivity contribution < 1.29 is 24.5 Å². The van der Waals surface area contributed by atoms with Gasteiger partial charge in [-0.2, -0.15) is 0 Å². The minimum atomic E-state index is -1.21. The molecule has 0 aliphatic rings. The fourth-order valence-corrected chi connectivity index (χ4v) is 1.84. The zero-order chi connectivity index (χ0) is 17.8. The molecule has 0 bridgehead atoms. The lowest BCUT2D eigenvalue weighted by molar-refractivity contribution is 0.0518. The Morgan fingerprint density at radius 3 is 2.35 bits per heavy atom. The van der Waals surface area contributed by atoms with Gasteiger partial charge in [-0.3, -0.25) is 0 Å². The molecule has 9 nitrogen and oxygen atoms in total. The van der Waals surface area contributed by atoms with Gasteiger partial charge in [0, 0.05) is 13.0 Å². The standard InChI is InChI=1S/C14H24N4O5/c1-13(2,3)23-12(21)15-7-6-9-10(11(19)20)16-17-18(9)8-14(4,5)22/h22H,6-8H2,1-5H3,(H,15,21)(H,19,20). The minimum Gasteiger partial charge on any atom is -0.476 e. The molecule has 9 heteroatoms. The molecule has 1 heterocycles. The van der Waals surface area contributed by atoms with Gasteiger partial charge >= 0.3 is 12.1 Å². The summed E-state index contributed by atoms with van der Waals surface area (Å²) in [4.78, 5) is 22.8. The summed E-state index contributed by atoms with van der Waals surface area (Å²) in [5, 5.41) is 28.9. The third-order valence-corrected chi connectivity index (χ3v) is 2.61. The van der Waals surface area contributed by atoms with Crippen molar-refractivity contribution >= 4 is 12.1 Å². The van der Waals surface area contributed by atoms with E-state index in [0.29, 0.717) is 5.69 Å². The van der Waals surface area contributed by atoms with Gasteiger partial charge in [0.15, 0.2) is 5.69 Å². The normalized spacial score (nSPS) is 12.1. The Labute approximate surface area is 134 Å². The van der Waals surface area contributed by atoms with E-state index in [4.69, 9.17) is 9.84 Å². The van der Waals surface area contributed by atoms with E-state index in [1.54, 1.807) is 34.6 Å². The first-order chi connectivity index (χ1) is 10.4. The highest BCUT2D eigenvalue weighted by atomic mass is 16.6. The van der Waals surface area contributed by atoms with Gasteiger partial charge in [0.1, 0.15) is 5.60 Å². The van der Waals surface area contributed by atoms with E-state index in [9.17, 15) is 14.7 Å². The fraction of sp³-hybridized carbons (Fsp3) is 0.714. The summed E-state index contributed by atoms with van der Waals surface area (Å²) in [5.74, 6) is -1.21. The number of aromatic carboxylic acids is 1.